The Morgan fingerprint density at radius 2 is 1.75 bits per heavy atom. The minimum absolute atomic E-state index is 0.119. The first kappa shape index (κ1) is 12.8. The van der Waals surface area contributed by atoms with Gasteiger partial charge in [-0.3, -0.25) is 9.35 Å². The largest absolute Gasteiger partial charge is 0.456 e. The Labute approximate surface area is 114 Å². The molecule has 0 radical (unpaired) electrons. The molecule has 1 aromatic heterocycles. The second kappa shape index (κ2) is 4.16. The summed E-state index contributed by atoms with van der Waals surface area (Å²) in [6, 6.07) is 9.57. The smallest absolute Gasteiger partial charge is 0.295 e. The van der Waals surface area contributed by atoms with Crippen molar-refractivity contribution < 1.29 is 17.4 Å². The van der Waals surface area contributed by atoms with Crippen LogP contribution in [0.1, 0.15) is 5.56 Å². The zero-order valence-corrected chi connectivity index (χ0v) is 11.3. The number of para-hydroxylation sites is 1. The molecule has 0 aliphatic carbocycles. The third-order valence-electron chi connectivity index (χ3n) is 3.15. The third-order valence-corrected chi connectivity index (χ3v) is 4.19. The van der Waals surface area contributed by atoms with Crippen LogP contribution in [0.4, 0.5) is 0 Å². The SMILES string of the molecule is Cc1ccc2oc3ccccc3c(=O)c2c1S(=O)(=O)O. The van der Waals surface area contributed by atoms with E-state index in [-0.39, 0.29) is 16.4 Å². The summed E-state index contributed by atoms with van der Waals surface area (Å²) in [6.45, 7) is 1.51. The summed E-state index contributed by atoms with van der Waals surface area (Å²) in [7, 11) is -4.51. The molecule has 0 unspecified atom stereocenters. The Balaban J connectivity index is 2.68. The van der Waals surface area contributed by atoms with E-state index in [1.165, 1.54) is 19.1 Å². The van der Waals surface area contributed by atoms with Gasteiger partial charge in [-0.2, -0.15) is 8.42 Å². The quantitative estimate of drug-likeness (QED) is 0.550. The number of rotatable bonds is 1. The van der Waals surface area contributed by atoms with Crippen LogP contribution in [0, 0.1) is 6.92 Å². The van der Waals surface area contributed by atoms with Crippen molar-refractivity contribution in [1.82, 2.24) is 0 Å². The number of hydrogen-bond donors (Lipinski definition) is 1. The average Bonchev–Trinajstić information content (AvgIpc) is 2.38. The predicted octanol–water partition coefficient (Wildman–Crippen LogP) is 2.50. The van der Waals surface area contributed by atoms with Crippen LogP contribution in [0.15, 0.2) is 50.5 Å². The van der Waals surface area contributed by atoms with Crippen LogP contribution in [0.25, 0.3) is 21.9 Å². The molecular formula is C14H10O5S. The van der Waals surface area contributed by atoms with Gasteiger partial charge in [-0.15, -0.1) is 0 Å². The number of fused-ring (bicyclic) bond motifs is 2. The summed E-state index contributed by atoms with van der Waals surface area (Å²) in [5.74, 6) is 0. The highest BCUT2D eigenvalue weighted by atomic mass is 32.2. The van der Waals surface area contributed by atoms with Gasteiger partial charge in [-0.05, 0) is 30.7 Å². The number of hydrogen-bond acceptors (Lipinski definition) is 4. The fourth-order valence-electron chi connectivity index (χ4n) is 2.30. The molecule has 0 spiro atoms. The van der Waals surface area contributed by atoms with Gasteiger partial charge in [0.15, 0.2) is 0 Å². The minimum Gasteiger partial charge on any atom is -0.456 e. The van der Waals surface area contributed by atoms with Gasteiger partial charge >= 0.3 is 0 Å². The van der Waals surface area contributed by atoms with Gasteiger partial charge in [-0.25, -0.2) is 0 Å². The van der Waals surface area contributed by atoms with Crippen LogP contribution in [0.5, 0.6) is 0 Å². The predicted molar refractivity (Wildman–Crippen MR) is 74.5 cm³/mol. The van der Waals surface area contributed by atoms with Crippen LogP contribution in [0.2, 0.25) is 0 Å². The van der Waals surface area contributed by atoms with Gasteiger partial charge in [0.25, 0.3) is 10.1 Å². The zero-order valence-electron chi connectivity index (χ0n) is 10.5. The molecule has 2 aromatic carbocycles. The van der Waals surface area contributed by atoms with Crippen LogP contribution < -0.4 is 5.43 Å². The lowest BCUT2D eigenvalue weighted by molar-refractivity contribution is 0.483. The van der Waals surface area contributed by atoms with Crippen molar-refractivity contribution in [3.63, 3.8) is 0 Å². The highest BCUT2D eigenvalue weighted by molar-refractivity contribution is 7.86. The van der Waals surface area contributed by atoms with Gasteiger partial charge in [0.1, 0.15) is 16.1 Å². The molecule has 5 nitrogen and oxygen atoms in total. The maximum atomic E-state index is 12.5. The van der Waals surface area contributed by atoms with E-state index in [9.17, 15) is 17.8 Å². The highest BCUT2D eigenvalue weighted by Crippen LogP contribution is 2.26. The summed E-state index contributed by atoms with van der Waals surface area (Å²) in [6.07, 6.45) is 0. The van der Waals surface area contributed by atoms with Gasteiger partial charge in [0, 0.05) is 0 Å². The van der Waals surface area contributed by atoms with Crippen LogP contribution in [-0.4, -0.2) is 13.0 Å². The Morgan fingerprint density at radius 1 is 1.05 bits per heavy atom. The van der Waals surface area contributed by atoms with Crippen molar-refractivity contribution in [2.45, 2.75) is 11.8 Å². The van der Waals surface area contributed by atoms with Crippen molar-refractivity contribution in [3.8, 4) is 0 Å². The second-order valence-corrected chi connectivity index (χ2v) is 5.85. The van der Waals surface area contributed by atoms with E-state index in [4.69, 9.17) is 4.42 Å². The Kier molecular flexibility index (Phi) is 2.67. The fourth-order valence-corrected chi connectivity index (χ4v) is 3.22. The monoisotopic (exact) mass is 290 g/mol. The first-order valence-corrected chi connectivity index (χ1v) is 7.26. The molecule has 1 N–H and O–H groups in total. The molecule has 0 atom stereocenters. The van der Waals surface area contributed by atoms with Gasteiger partial charge in [0.2, 0.25) is 5.43 Å². The van der Waals surface area contributed by atoms with Crippen molar-refractivity contribution >= 4 is 32.1 Å². The van der Waals surface area contributed by atoms with Crippen molar-refractivity contribution in [2.24, 2.45) is 0 Å². The summed E-state index contributed by atoms with van der Waals surface area (Å²) in [5.41, 5.74) is 0.322. The normalized spacial score (nSPS) is 12.1. The topological polar surface area (TPSA) is 84.6 Å². The first-order valence-electron chi connectivity index (χ1n) is 5.82. The second-order valence-electron chi connectivity index (χ2n) is 4.49. The van der Waals surface area contributed by atoms with Gasteiger partial charge < -0.3 is 4.42 Å². The molecule has 0 saturated carbocycles. The van der Waals surface area contributed by atoms with Crippen LogP contribution >= 0.6 is 0 Å². The average molecular weight is 290 g/mol. The summed E-state index contributed by atoms with van der Waals surface area (Å²) in [4.78, 5) is 12.1. The van der Waals surface area contributed by atoms with Crippen LogP contribution in [0.3, 0.4) is 0 Å². The maximum Gasteiger partial charge on any atom is 0.295 e. The third kappa shape index (κ3) is 1.81. The van der Waals surface area contributed by atoms with E-state index in [2.05, 4.69) is 0 Å². The fraction of sp³-hybridized carbons (Fsp3) is 0.0714. The van der Waals surface area contributed by atoms with E-state index in [0.717, 1.165) is 0 Å². The summed E-state index contributed by atoms with van der Waals surface area (Å²) < 4.78 is 38.0. The first-order chi connectivity index (χ1) is 9.39. The molecule has 0 aliphatic heterocycles. The van der Waals surface area contributed by atoms with Crippen molar-refractivity contribution in [2.75, 3.05) is 0 Å². The lowest BCUT2D eigenvalue weighted by atomic mass is 10.1. The molecule has 20 heavy (non-hydrogen) atoms. The molecule has 0 fully saturated rings. The van der Waals surface area contributed by atoms with E-state index in [1.54, 1.807) is 24.3 Å². The summed E-state index contributed by atoms with van der Waals surface area (Å²) >= 11 is 0. The van der Waals surface area contributed by atoms with Crippen molar-refractivity contribution in [1.29, 1.82) is 0 Å². The van der Waals surface area contributed by atoms with E-state index >= 15 is 0 Å². The van der Waals surface area contributed by atoms with Crippen LogP contribution in [-0.2, 0) is 10.1 Å². The van der Waals surface area contributed by atoms with Gasteiger partial charge in [-0.1, -0.05) is 18.2 Å². The number of aryl methyl sites for hydroxylation is 1. The Hall–Kier alpha value is -2.18. The standard InChI is InChI=1S/C14H10O5S/c1-8-6-7-11-12(14(8)20(16,17)18)13(15)9-4-2-3-5-10(9)19-11/h2-7H,1H3,(H,16,17,18). The molecule has 0 saturated heterocycles. The van der Waals surface area contributed by atoms with E-state index in [0.29, 0.717) is 11.1 Å². The molecule has 102 valence electrons. The minimum atomic E-state index is -4.51. The molecule has 0 amide bonds. The molecular weight excluding hydrogens is 280 g/mol. The van der Waals surface area contributed by atoms with E-state index in [1.807, 2.05) is 0 Å². The van der Waals surface area contributed by atoms with Gasteiger partial charge in [0.05, 0.1) is 10.8 Å². The molecule has 3 rings (SSSR count). The highest BCUT2D eigenvalue weighted by Gasteiger charge is 2.21. The molecule has 3 aromatic rings. The van der Waals surface area contributed by atoms with E-state index < -0.39 is 20.4 Å². The maximum absolute atomic E-state index is 12.5. The zero-order chi connectivity index (χ0) is 14.5. The van der Waals surface area contributed by atoms with Crippen molar-refractivity contribution in [3.05, 3.63) is 52.2 Å². The molecule has 0 bridgehead atoms. The molecule has 6 heteroatoms. The summed E-state index contributed by atoms with van der Waals surface area (Å²) in [5, 5.41) is 0.154. The molecule has 0 aliphatic rings. The lowest BCUT2D eigenvalue weighted by Crippen LogP contribution is -2.10. The molecule has 1 heterocycles. The number of benzene rings is 2. The Morgan fingerprint density at radius 3 is 2.45 bits per heavy atom. The Bertz CT molecular complexity index is 999. The lowest BCUT2D eigenvalue weighted by Gasteiger charge is -2.07.